The van der Waals surface area contributed by atoms with Gasteiger partial charge < -0.3 is 0 Å². The maximum absolute atomic E-state index is 13.1. The summed E-state index contributed by atoms with van der Waals surface area (Å²) in [5.41, 5.74) is 1.48. The highest BCUT2D eigenvalue weighted by atomic mass is 127. The molecule has 32 heavy (non-hydrogen) atoms. The van der Waals surface area contributed by atoms with Crippen LogP contribution in [0.4, 0.5) is 4.39 Å². The van der Waals surface area contributed by atoms with E-state index in [0.717, 1.165) is 26.8 Å². The lowest BCUT2D eigenvalue weighted by atomic mass is 10.1. The molecule has 0 fully saturated rings. The molecule has 0 amide bonds. The van der Waals surface area contributed by atoms with Gasteiger partial charge in [0.25, 0.3) is 0 Å². The Balaban J connectivity index is 1.60. The minimum Gasteiger partial charge on any atom is -0.219 e. The number of rotatable bonds is 5. The molecule has 8 heteroatoms. The van der Waals surface area contributed by atoms with E-state index < -0.39 is 25.5 Å². The van der Waals surface area contributed by atoms with Gasteiger partial charge in [0.15, 0.2) is 0 Å². The van der Waals surface area contributed by atoms with Gasteiger partial charge in [0.05, 0.1) is 19.6 Å². The number of sulfone groups is 2. The molecule has 4 nitrogen and oxygen atoms in total. The predicted octanol–water partition coefficient (Wildman–Crippen LogP) is 5.76. The van der Waals surface area contributed by atoms with Crippen LogP contribution in [0.5, 0.6) is 0 Å². The molecule has 0 spiro atoms. The SMILES string of the molecule is O=S(=O)(c1ccc(F)cc1)c1ccc(-c2ccc(S(=O)(=O)c3ccc(I)cc3)cc2)cc1. The molecule has 0 aliphatic rings. The van der Waals surface area contributed by atoms with Crippen LogP contribution >= 0.6 is 22.6 Å². The van der Waals surface area contributed by atoms with E-state index >= 15 is 0 Å². The van der Waals surface area contributed by atoms with E-state index in [1.807, 2.05) is 0 Å². The van der Waals surface area contributed by atoms with Gasteiger partial charge >= 0.3 is 0 Å². The molecule has 4 aromatic carbocycles. The molecule has 0 saturated carbocycles. The Kier molecular flexibility index (Phi) is 6.19. The van der Waals surface area contributed by atoms with Crippen molar-refractivity contribution in [1.29, 1.82) is 0 Å². The highest BCUT2D eigenvalue weighted by molar-refractivity contribution is 14.1. The van der Waals surface area contributed by atoms with E-state index in [-0.39, 0.29) is 19.6 Å². The molecule has 0 heterocycles. The quantitative estimate of drug-likeness (QED) is 0.223. The normalized spacial score (nSPS) is 11.9. The van der Waals surface area contributed by atoms with E-state index in [2.05, 4.69) is 22.6 Å². The van der Waals surface area contributed by atoms with Crippen molar-refractivity contribution in [3.8, 4) is 11.1 Å². The summed E-state index contributed by atoms with van der Waals surface area (Å²) in [7, 11) is -7.38. The summed E-state index contributed by atoms with van der Waals surface area (Å²) in [6, 6.07) is 24.0. The summed E-state index contributed by atoms with van der Waals surface area (Å²) in [6.07, 6.45) is 0. The molecular formula is C24H16FIO4S2. The first-order valence-corrected chi connectivity index (χ1v) is 13.4. The van der Waals surface area contributed by atoms with Gasteiger partial charge in [-0.25, -0.2) is 21.2 Å². The van der Waals surface area contributed by atoms with Gasteiger partial charge in [-0.05, 0) is 107 Å². The molecule has 0 N–H and O–H groups in total. The lowest BCUT2D eigenvalue weighted by molar-refractivity contribution is 0.593. The Morgan fingerprint density at radius 3 is 1.09 bits per heavy atom. The second-order valence-electron chi connectivity index (χ2n) is 6.96. The Hall–Kier alpha value is -2.56. The third-order valence-electron chi connectivity index (χ3n) is 4.91. The number of halogens is 2. The zero-order valence-electron chi connectivity index (χ0n) is 16.4. The molecule has 0 bridgehead atoms. The van der Waals surface area contributed by atoms with E-state index in [1.54, 1.807) is 48.5 Å². The van der Waals surface area contributed by atoms with Crippen molar-refractivity contribution in [1.82, 2.24) is 0 Å². The standard InChI is InChI=1S/C24H16FIO4S2/c25-19-5-13-23(14-6-19)31(27,28)21-9-1-17(2-10-21)18-3-11-22(12-4-18)32(29,30)24-15-7-20(26)8-16-24/h1-16H. The van der Waals surface area contributed by atoms with Crippen LogP contribution in [-0.4, -0.2) is 16.8 Å². The van der Waals surface area contributed by atoms with E-state index in [0.29, 0.717) is 0 Å². The largest absolute Gasteiger partial charge is 0.219 e. The topological polar surface area (TPSA) is 68.3 Å². The van der Waals surface area contributed by atoms with Crippen LogP contribution in [0.3, 0.4) is 0 Å². The van der Waals surface area contributed by atoms with Crippen molar-refractivity contribution in [2.24, 2.45) is 0 Å². The lowest BCUT2D eigenvalue weighted by Gasteiger charge is -2.08. The average Bonchev–Trinajstić information content (AvgIpc) is 2.80. The van der Waals surface area contributed by atoms with Crippen molar-refractivity contribution < 1.29 is 21.2 Å². The van der Waals surface area contributed by atoms with E-state index in [1.165, 1.54) is 36.4 Å². The zero-order chi connectivity index (χ0) is 22.9. The molecule has 162 valence electrons. The van der Waals surface area contributed by atoms with Gasteiger partial charge in [0.2, 0.25) is 19.7 Å². The summed E-state index contributed by atoms with van der Waals surface area (Å²) in [5, 5.41) is 0. The van der Waals surface area contributed by atoms with Crippen LogP contribution in [0.2, 0.25) is 0 Å². The average molecular weight is 578 g/mol. The van der Waals surface area contributed by atoms with Crippen molar-refractivity contribution in [3.05, 3.63) is 106 Å². The van der Waals surface area contributed by atoms with Crippen LogP contribution in [0.15, 0.2) is 117 Å². The van der Waals surface area contributed by atoms with Gasteiger partial charge in [-0.1, -0.05) is 24.3 Å². The first-order valence-electron chi connectivity index (χ1n) is 9.40. The zero-order valence-corrected chi connectivity index (χ0v) is 20.2. The van der Waals surface area contributed by atoms with Crippen molar-refractivity contribution in [2.75, 3.05) is 0 Å². The van der Waals surface area contributed by atoms with Crippen LogP contribution in [-0.2, 0) is 19.7 Å². The van der Waals surface area contributed by atoms with Gasteiger partial charge in [0.1, 0.15) is 5.82 Å². The minimum atomic E-state index is -3.76. The van der Waals surface area contributed by atoms with Gasteiger partial charge in [0, 0.05) is 3.57 Å². The molecule has 0 aliphatic carbocycles. The molecule has 4 aromatic rings. The van der Waals surface area contributed by atoms with Gasteiger partial charge in [-0.2, -0.15) is 0 Å². The highest BCUT2D eigenvalue weighted by Gasteiger charge is 2.19. The van der Waals surface area contributed by atoms with Gasteiger partial charge in [-0.3, -0.25) is 0 Å². The first-order chi connectivity index (χ1) is 15.2. The number of hydrogen-bond acceptors (Lipinski definition) is 4. The third kappa shape index (κ3) is 4.48. The lowest BCUT2D eigenvalue weighted by Crippen LogP contribution is -2.02. The fraction of sp³-hybridized carbons (Fsp3) is 0. The fourth-order valence-corrected chi connectivity index (χ4v) is 6.03. The van der Waals surface area contributed by atoms with Crippen LogP contribution < -0.4 is 0 Å². The smallest absolute Gasteiger partial charge is 0.206 e. The summed E-state index contributed by atoms with van der Waals surface area (Å²) < 4.78 is 65.1. The van der Waals surface area contributed by atoms with E-state index in [4.69, 9.17) is 0 Å². The van der Waals surface area contributed by atoms with Crippen LogP contribution in [0.1, 0.15) is 0 Å². The second-order valence-corrected chi connectivity index (χ2v) is 12.1. The maximum Gasteiger partial charge on any atom is 0.206 e. The summed E-state index contributed by atoms with van der Waals surface area (Å²) in [5.74, 6) is -0.508. The fourth-order valence-electron chi connectivity index (χ4n) is 3.15. The van der Waals surface area contributed by atoms with Crippen molar-refractivity contribution >= 4 is 42.3 Å². The molecule has 0 aromatic heterocycles. The Morgan fingerprint density at radius 1 is 0.469 bits per heavy atom. The van der Waals surface area contributed by atoms with Crippen LogP contribution in [0, 0.1) is 9.39 Å². The van der Waals surface area contributed by atoms with Gasteiger partial charge in [-0.15, -0.1) is 0 Å². The third-order valence-corrected chi connectivity index (χ3v) is 9.20. The molecule has 0 atom stereocenters. The molecule has 0 radical (unpaired) electrons. The predicted molar refractivity (Wildman–Crippen MR) is 128 cm³/mol. The number of hydrogen-bond donors (Lipinski definition) is 0. The molecule has 0 aliphatic heterocycles. The van der Waals surface area contributed by atoms with Crippen LogP contribution in [0.25, 0.3) is 11.1 Å². The minimum absolute atomic E-state index is 0.0109. The highest BCUT2D eigenvalue weighted by Crippen LogP contribution is 2.28. The Morgan fingerprint density at radius 2 is 0.750 bits per heavy atom. The first kappa shape index (κ1) is 22.6. The number of benzene rings is 4. The molecule has 4 rings (SSSR count). The maximum atomic E-state index is 13.1. The summed E-state index contributed by atoms with van der Waals surface area (Å²) in [6.45, 7) is 0. The van der Waals surface area contributed by atoms with Crippen molar-refractivity contribution in [2.45, 2.75) is 19.6 Å². The van der Waals surface area contributed by atoms with E-state index in [9.17, 15) is 21.2 Å². The summed E-state index contributed by atoms with van der Waals surface area (Å²) >= 11 is 2.11. The van der Waals surface area contributed by atoms with Crippen molar-refractivity contribution in [3.63, 3.8) is 0 Å². The monoisotopic (exact) mass is 578 g/mol. The molecule has 0 saturated heterocycles. The molecule has 0 unspecified atom stereocenters. The Labute approximate surface area is 199 Å². The second kappa shape index (κ2) is 8.76. The summed E-state index contributed by atoms with van der Waals surface area (Å²) in [4.78, 5) is 0.501. The molecular weight excluding hydrogens is 562 g/mol. The Bertz CT molecular complexity index is 1350.